The van der Waals surface area contributed by atoms with E-state index < -0.39 is 0 Å². The predicted molar refractivity (Wildman–Crippen MR) is 187 cm³/mol. The van der Waals surface area contributed by atoms with Crippen molar-refractivity contribution in [3.63, 3.8) is 0 Å². The van der Waals surface area contributed by atoms with Gasteiger partial charge in [0.2, 0.25) is 0 Å². The van der Waals surface area contributed by atoms with Crippen molar-refractivity contribution < 1.29 is 9.47 Å². The van der Waals surface area contributed by atoms with E-state index in [1.54, 1.807) is 0 Å². The zero-order chi connectivity index (χ0) is 32.5. The van der Waals surface area contributed by atoms with E-state index in [1.807, 2.05) is 86.6 Å². The molecule has 6 heteroatoms. The van der Waals surface area contributed by atoms with E-state index in [2.05, 4.69) is 58.5 Å². The predicted octanol–water partition coefficient (Wildman–Crippen LogP) is 8.47. The van der Waals surface area contributed by atoms with Crippen LogP contribution in [-0.4, -0.2) is 33.1 Å². The molecule has 6 aromatic rings. The van der Waals surface area contributed by atoms with Gasteiger partial charge in [0, 0.05) is 23.2 Å². The van der Waals surface area contributed by atoms with Crippen LogP contribution in [0.25, 0.3) is 22.8 Å². The molecule has 0 amide bonds. The second-order valence-electron chi connectivity index (χ2n) is 12.9. The van der Waals surface area contributed by atoms with Gasteiger partial charge in [0.25, 0.3) is 0 Å². The Morgan fingerprint density at radius 2 is 0.771 bits per heavy atom. The number of fused-ring (bicyclic) bond motifs is 1. The summed E-state index contributed by atoms with van der Waals surface area (Å²) in [6.07, 6.45) is 0. The first-order valence-electron chi connectivity index (χ1n) is 16.8. The topological polar surface area (TPSA) is 70.0 Å². The van der Waals surface area contributed by atoms with Crippen molar-refractivity contribution in [1.29, 1.82) is 0 Å². The maximum Gasteiger partial charge on any atom is 0.0890 e. The van der Waals surface area contributed by atoms with Crippen molar-refractivity contribution in [2.75, 3.05) is 13.2 Å². The van der Waals surface area contributed by atoms with E-state index in [9.17, 15) is 0 Å². The standard InChI is InChI=1S/C42H38N4O2/c1-27-11-7-19-37(43-27)39-21-9-13-29(45-39)23-47-25-35-36(26-48-24-30-14-10-22-40(46-30)38-20-8-12-28(2)44-38)42-33-17-5-3-15-31(33)41(35)32-16-4-6-18-34(32)42/h3-22,35-36,41-42H,23-26H2,1-2H3. The van der Waals surface area contributed by atoms with Crippen molar-refractivity contribution in [3.05, 3.63) is 166 Å². The molecule has 4 heterocycles. The van der Waals surface area contributed by atoms with E-state index in [0.29, 0.717) is 26.4 Å². The highest BCUT2D eigenvalue weighted by molar-refractivity contribution is 5.57. The van der Waals surface area contributed by atoms with Crippen LogP contribution in [0.5, 0.6) is 0 Å². The van der Waals surface area contributed by atoms with Gasteiger partial charge in [-0.25, -0.2) is 9.97 Å². The molecule has 0 fully saturated rings. The second kappa shape index (κ2) is 13.2. The van der Waals surface area contributed by atoms with E-state index in [1.165, 1.54) is 22.3 Å². The lowest BCUT2D eigenvalue weighted by Crippen LogP contribution is -2.44. The van der Waals surface area contributed by atoms with Gasteiger partial charge in [-0.05, 0) is 96.5 Å². The van der Waals surface area contributed by atoms with Gasteiger partial charge in [0.15, 0.2) is 0 Å². The smallest absolute Gasteiger partial charge is 0.0890 e. The van der Waals surface area contributed by atoms with Crippen LogP contribution >= 0.6 is 0 Å². The molecule has 2 atom stereocenters. The van der Waals surface area contributed by atoms with E-state index in [-0.39, 0.29) is 23.7 Å². The largest absolute Gasteiger partial charge is 0.375 e. The molecule has 2 unspecified atom stereocenters. The molecule has 238 valence electrons. The first-order chi connectivity index (χ1) is 23.6. The van der Waals surface area contributed by atoms with Gasteiger partial charge >= 0.3 is 0 Å². The van der Waals surface area contributed by atoms with Crippen LogP contribution in [0.3, 0.4) is 0 Å². The number of pyridine rings is 4. The zero-order valence-electron chi connectivity index (χ0n) is 27.3. The Morgan fingerprint density at radius 1 is 0.417 bits per heavy atom. The van der Waals surface area contributed by atoms with Crippen LogP contribution in [0.1, 0.15) is 56.9 Å². The van der Waals surface area contributed by atoms with Gasteiger partial charge in [0.1, 0.15) is 0 Å². The molecule has 0 spiro atoms. The highest BCUT2D eigenvalue weighted by Crippen LogP contribution is 2.58. The summed E-state index contributed by atoms with van der Waals surface area (Å²) in [5.74, 6) is 0.968. The molecule has 6 nitrogen and oxygen atoms in total. The maximum absolute atomic E-state index is 6.57. The molecular formula is C42H38N4O2. The van der Waals surface area contributed by atoms with E-state index in [0.717, 1.165) is 45.6 Å². The second-order valence-corrected chi connectivity index (χ2v) is 12.9. The quantitative estimate of drug-likeness (QED) is 0.151. The molecule has 0 aliphatic heterocycles. The molecule has 0 saturated heterocycles. The molecule has 3 aliphatic rings. The summed E-state index contributed by atoms with van der Waals surface area (Å²) < 4.78 is 13.1. The summed E-state index contributed by atoms with van der Waals surface area (Å²) in [4.78, 5) is 19.1. The summed E-state index contributed by atoms with van der Waals surface area (Å²) in [5.41, 5.74) is 12.9. The van der Waals surface area contributed by atoms with Gasteiger partial charge in [0.05, 0.1) is 60.6 Å². The van der Waals surface area contributed by atoms with E-state index >= 15 is 0 Å². The average Bonchev–Trinajstić information content (AvgIpc) is 3.12. The number of benzene rings is 2. The molecule has 48 heavy (non-hydrogen) atoms. The monoisotopic (exact) mass is 630 g/mol. The minimum atomic E-state index is 0.237. The summed E-state index contributed by atoms with van der Waals surface area (Å²) in [6.45, 7) is 6.10. The number of rotatable bonds is 10. The van der Waals surface area contributed by atoms with Crippen molar-refractivity contribution in [2.45, 2.75) is 38.9 Å². The molecule has 2 bridgehead atoms. The van der Waals surface area contributed by atoms with Gasteiger partial charge in [-0.2, -0.15) is 0 Å². The Kier molecular flexibility index (Phi) is 8.35. The third-order valence-corrected chi connectivity index (χ3v) is 9.77. The molecule has 2 aromatic carbocycles. The van der Waals surface area contributed by atoms with Crippen molar-refractivity contribution in [1.82, 2.24) is 19.9 Å². The lowest BCUT2D eigenvalue weighted by atomic mass is 9.54. The number of hydrogen-bond acceptors (Lipinski definition) is 6. The molecule has 3 aliphatic carbocycles. The van der Waals surface area contributed by atoms with Crippen LogP contribution in [0, 0.1) is 25.7 Å². The highest BCUT2D eigenvalue weighted by Gasteiger charge is 2.49. The molecule has 0 saturated carbocycles. The highest BCUT2D eigenvalue weighted by atomic mass is 16.5. The minimum absolute atomic E-state index is 0.237. The molecule has 0 N–H and O–H groups in total. The van der Waals surface area contributed by atoms with Crippen LogP contribution in [0.15, 0.2) is 121 Å². The summed E-state index contributed by atoms with van der Waals surface area (Å²) in [7, 11) is 0. The fraction of sp³-hybridized carbons (Fsp3) is 0.238. The van der Waals surface area contributed by atoms with E-state index in [4.69, 9.17) is 19.4 Å². The van der Waals surface area contributed by atoms with Gasteiger partial charge in [-0.1, -0.05) is 72.8 Å². The Balaban J connectivity index is 1.04. The number of nitrogens with zero attached hydrogens (tertiary/aromatic N) is 4. The summed E-state index contributed by atoms with van der Waals surface area (Å²) in [5, 5.41) is 0. The summed E-state index contributed by atoms with van der Waals surface area (Å²) >= 11 is 0. The Morgan fingerprint density at radius 3 is 1.15 bits per heavy atom. The van der Waals surface area contributed by atoms with Crippen molar-refractivity contribution >= 4 is 0 Å². The third kappa shape index (κ3) is 5.94. The third-order valence-electron chi connectivity index (χ3n) is 9.77. The van der Waals surface area contributed by atoms with Crippen molar-refractivity contribution in [3.8, 4) is 22.8 Å². The SMILES string of the molecule is Cc1cccc(-c2cccc(COCC3C4c5ccccc5C(c5ccccc54)C3COCc3cccc(-c4cccc(C)n4)n3)n2)n1. The van der Waals surface area contributed by atoms with Gasteiger partial charge < -0.3 is 9.47 Å². The van der Waals surface area contributed by atoms with Gasteiger partial charge in [-0.15, -0.1) is 0 Å². The number of hydrogen-bond donors (Lipinski definition) is 0. The Hall–Kier alpha value is -5.04. The van der Waals surface area contributed by atoms with Crippen LogP contribution in [0.2, 0.25) is 0 Å². The Bertz CT molecular complexity index is 1880. The number of ether oxygens (including phenoxy) is 2. The average molecular weight is 631 g/mol. The van der Waals surface area contributed by atoms with Crippen molar-refractivity contribution in [2.24, 2.45) is 11.8 Å². The Labute approximate surface area is 281 Å². The molecule has 4 aromatic heterocycles. The van der Waals surface area contributed by atoms with Gasteiger partial charge in [-0.3, -0.25) is 9.97 Å². The normalized spacial score (nSPS) is 19.1. The lowest BCUT2D eigenvalue weighted by molar-refractivity contribution is -0.000689. The van der Waals surface area contributed by atoms with Crippen LogP contribution in [-0.2, 0) is 22.7 Å². The maximum atomic E-state index is 6.57. The minimum Gasteiger partial charge on any atom is -0.375 e. The molecule has 0 radical (unpaired) electrons. The molecular weight excluding hydrogens is 592 g/mol. The molecule has 9 rings (SSSR count). The lowest BCUT2D eigenvalue weighted by Gasteiger charge is -2.50. The number of aryl methyl sites for hydroxylation is 2. The first-order valence-corrected chi connectivity index (χ1v) is 16.8. The summed E-state index contributed by atoms with van der Waals surface area (Å²) in [6, 6.07) is 42.1. The number of aromatic nitrogens is 4. The fourth-order valence-electron chi connectivity index (χ4n) is 7.72. The first kappa shape index (κ1) is 30.3. The van der Waals surface area contributed by atoms with Crippen LogP contribution < -0.4 is 0 Å². The fourth-order valence-corrected chi connectivity index (χ4v) is 7.72. The van der Waals surface area contributed by atoms with Crippen LogP contribution in [0.4, 0.5) is 0 Å². The zero-order valence-corrected chi connectivity index (χ0v) is 27.3.